The molecule has 4 aromatic rings. The van der Waals surface area contributed by atoms with Crippen LogP contribution in [-0.2, 0) is 4.74 Å². The molecule has 0 atom stereocenters. The third-order valence-electron chi connectivity index (χ3n) is 5.13. The first-order chi connectivity index (χ1) is 15.6. The van der Waals surface area contributed by atoms with Gasteiger partial charge in [-0.05, 0) is 35.0 Å². The van der Waals surface area contributed by atoms with Crippen LogP contribution in [0.2, 0.25) is 0 Å². The van der Waals surface area contributed by atoms with E-state index in [4.69, 9.17) is 9.47 Å². The first kappa shape index (κ1) is 21.0. The Balaban J connectivity index is 1.49. The molecule has 5 nitrogen and oxygen atoms in total. The van der Waals surface area contributed by atoms with E-state index in [9.17, 15) is 14.4 Å². The zero-order valence-electron chi connectivity index (χ0n) is 17.4. The van der Waals surface area contributed by atoms with Crippen LogP contribution in [-0.4, -0.2) is 31.3 Å². The van der Waals surface area contributed by atoms with E-state index in [1.54, 1.807) is 61.7 Å². The number of esters is 1. The Morgan fingerprint density at radius 1 is 0.688 bits per heavy atom. The average Bonchev–Trinajstić information content (AvgIpc) is 2.86. The molecule has 32 heavy (non-hydrogen) atoms. The fraction of sp³-hybridized carbons (Fsp3) is 0.0741. The Bertz CT molecular complexity index is 1310. The monoisotopic (exact) mass is 424 g/mol. The number of benzene rings is 4. The first-order valence-electron chi connectivity index (χ1n) is 10.0. The lowest BCUT2D eigenvalue weighted by atomic mass is 9.98. The van der Waals surface area contributed by atoms with E-state index in [-0.39, 0.29) is 22.7 Å². The van der Waals surface area contributed by atoms with Gasteiger partial charge in [-0.2, -0.15) is 0 Å². The second kappa shape index (κ2) is 9.27. The Morgan fingerprint density at radius 2 is 1.34 bits per heavy atom. The molecule has 0 amide bonds. The predicted molar refractivity (Wildman–Crippen MR) is 121 cm³/mol. The highest BCUT2D eigenvalue weighted by Gasteiger charge is 2.20. The first-order valence-corrected chi connectivity index (χ1v) is 10.0. The van der Waals surface area contributed by atoms with Crippen LogP contribution >= 0.6 is 0 Å². The standard InChI is InChI=1S/C27H20O5/c1-31-22-14-13-19-15-21(12-11-20(19)16-22)25(28)17-32-27(30)24-10-6-5-9-23(24)26(29)18-7-3-2-4-8-18/h2-16H,17H2,1H3. The van der Waals surface area contributed by atoms with Crippen molar-refractivity contribution in [3.63, 3.8) is 0 Å². The molecule has 0 aliphatic heterocycles. The maximum atomic E-state index is 12.8. The van der Waals surface area contributed by atoms with Gasteiger partial charge in [0.2, 0.25) is 0 Å². The molecule has 0 radical (unpaired) electrons. The summed E-state index contributed by atoms with van der Waals surface area (Å²) in [6.45, 7) is -0.422. The minimum absolute atomic E-state index is 0.125. The lowest BCUT2D eigenvalue weighted by Crippen LogP contribution is -2.17. The molecule has 0 fully saturated rings. The van der Waals surface area contributed by atoms with E-state index in [1.165, 1.54) is 6.07 Å². The molecule has 0 saturated carbocycles. The largest absolute Gasteiger partial charge is 0.497 e. The fourth-order valence-corrected chi connectivity index (χ4v) is 3.42. The number of ketones is 2. The van der Waals surface area contributed by atoms with Gasteiger partial charge in [0, 0.05) is 16.7 Å². The molecule has 0 heterocycles. The zero-order chi connectivity index (χ0) is 22.5. The molecular formula is C27H20O5. The SMILES string of the molecule is COc1ccc2cc(C(=O)COC(=O)c3ccccc3C(=O)c3ccccc3)ccc2c1. The lowest BCUT2D eigenvalue weighted by molar-refractivity contribution is 0.0473. The van der Waals surface area contributed by atoms with Crippen molar-refractivity contribution >= 4 is 28.3 Å². The lowest BCUT2D eigenvalue weighted by Gasteiger charge is -2.09. The molecule has 0 saturated heterocycles. The van der Waals surface area contributed by atoms with Crippen LogP contribution in [0.25, 0.3) is 10.8 Å². The summed E-state index contributed by atoms with van der Waals surface area (Å²) >= 11 is 0. The predicted octanol–water partition coefficient (Wildman–Crippen LogP) is 5.12. The third-order valence-corrected chi connectivity index (χ3v) is 5.13. The van der Waals surface area contributed by atoms with E-state index in [2.05, 4.69) is 0 Å². The summed E-state index contributed by atoms with van der Waals surface area (Å²) in [5.74, 6) is -0.602. The fourth-order valence-electron chi connectivity index (χ4n) is 3.42. The minimum atomic E-state index is -0.719. The summed E-state index contributed by atoms with van der Waals surface area (Å²) in [6.07, 6.45) is 0. The molecule has 0 unspecified atom stereocenters. The van der Waals surface area contributed by atoms with Gasteiger partial charge < -0.3 is 9.47 Å². The Kier molecular flexibility index (Phi) is 6.08. The number of rotatable bonds is 7. The molecule has 4 aromatic carbocycles. The molecule has 0 aliphatic rings. The maximum absolute atomic E-state index is 12.8. The number of carbonyl (C=O) groups is 3. The molecule has 4 rings (SSSR count). The van der Waals surface area contributed by atoms with Gasteiger partial charge in [0.15, 0.2) is 18.2 Å². The van der Waals surface area contributed by atoms with E-state index in [1.807, 2.05) is 30.3 Å². The number of methoxy groups -OCH3 is 1. The highest BCUT2D eigenvalue weighted by molar-refractivity contribution is 6.14. The van der Waals surface area contributed by atoms with Gasteiger partial charge in [0.1, 0.15) is 5.75 Å². The molecule has 0 bridgehead atoms. The smallest absolute Gasteiger partial charge is 0.339 e. The van der Waals surface area contributed by atoms with Gasteiger partial charge in [-0.1, -0.05) is 66.7 Å². The molecule has 0 aliphatic carbocycles. The van der Waals surface area contributed by atoms with Crippen molar-refractivity contribution in [2.75, 3.05) is 13.7 Å². The van der Waals surface area contributed by atoms with Gasteiger partial charge in [-0.25, -0.2) is 4.79 Å². The van der Waals surface area contributed by atoms with E-state index < -0.39 is 12.6 Å². The van der Waals surface area contributed by atoms with Crippen molar-refractivity contribution < 1.29 is 23.9 Å². The van der Waals surface area contributed by atoms with Crippen LogP contribution in [0.15, 0.2) is 91.0 Å². The molecule has 5 heteroatoms. The van der Waals surface area contributed by atoms with E-state index in [0.717, 1.165) is 16.5 Å². The quantitative estimate of drug-likeness (QED) is 0.304. The number of hydrogen-bond donors (Lipinski definition) is 0. The van der Waals surface area contributed by atoms with Crippen LogP contribution in [0.5, 0.6) is 5.75 Å². The van der Waals surface area contributed by atoms with Crippen LogP contribution < -0.4 is 4.74 Å². The Labute approximate surface area is 185 Å². The Morgan fingerprint density at radius 3 is 2.09 bits per heavy atom. The maximum Gasteiger partial charge on any atom is 0.339 e. The molecule has 158 valence electrons. The summed E-state index contributed by atoms with van der Waals surface area (Å²) in [7, 11) is 1.60. The minimum Gasteiger partial charge on any atom is -0.497 e. The van der Waals surface area contributed by atoms with Crippen LogP contribution in [0.1, 0.15) is 36.6 Å². The number of fused-ring (bicyclic) bond motifs is 1. The van der Waals surface area contributed by atoms with Crippen LogP contribution in [0, 0.1) is 0 Å². The third kappa shape index (κ3) is 4.42. The van der Waals surface area contributed by atoms with Gasteiger partial charge in [-0.15, -0.1) is 0 Å². The second-order valence-corrected chi connectivity index (χ2v) is 7.17. The summed E-state index contributed by atoms with van der Waals surface area (Å²) in [5, 5.41) is 1.81. The van der Waals surface area contributed by atoms with Gasteiger partial charge in [0.25, 0.3) is 0 Å². The number of carbonyl (C=O) groups excluding carboxylic acids is 3. The summed E-state index contributed by atoms with van der Waals surface area (Å²) in [5.41, 5.74) is 1.26. The van der Waals surface area contributed by atoms with Crippen molar-refractivity contribution in [1.82, 2.24) is 0 Å². The van der Waals surface area contributed by atoms with Gasteiger partial charge >= 0.3 is 5.97 Å². The van der Waals surface area contributed by atoms with Crippen molar-refractivity contribution in [2.24, 2.45) is 0 Å². The highest BCUT2D eigenvalue weighted by Crippen LogP contribution is 2.22. The molecule has 0 N–H and O–H groups in total. The number of Topliss-reactive ketones (excluding diaryl/α,β-unsaturated/α-hetero) is 1. The molecule has 0 spiro atoms. The van der Waals surface area contributed by atoms with Crippen molar-refractivity contribution in [3.05, 3.63) is 113 Å². The summed E-state index contributed by atoms with van der Waals surface area (Å²) < 4.78 is 10.5. The number of ether oxygens (including phenoxy) is 2. The van der Waals surface area contributed by atoms with Crippen LogP contribution in [0.4, 0.5) is 0 Å². The summed E-state index contributed by atoms with van der Waals surface area (Å²) in [4.78, 5) is 38.1. The molecular weight excluding hydrogens is 404 g/mol. The highest BCUT2D eigenvalue weighted by atomic mass is 16.5. The van der Waals surface area contributed by atoms with E-state index in [0.29, 0.717) is 11.1 Å². The number of hydrogen-bond acceptors (Lipinski definition) is 5. The molecule has 0 aromatic heterocycles. The van der Waals surface area contributed by atoms with E-state index >= 15 is 0 Å². The average molecular weight is 424 g/mol. The van der Waals surface area contributed by atoms with Crippen LogP contribution in [0.3, 0.4) is 0 Å². The van der Waals surface area contributed by atoms with Crippen molar-refractivity contribution in [1.29, 1.82) is 0 Å². The van der Waals surface area contributed by atoms with Crippen molar-refractivity contribution in [3.8, 4) is 5.75 Å². The zero-order valence-corrected chi connectivity index (χ0v) is 17.4. The summed E-state index contributed by atoms with van der Waals surface area (Å²) in [6, 6.07) is 25.9. The van der Waals surface area contributed by atoms with Gasteiger partial charge in [0.05, 0.1) is 12.7 Å². The van der Waals surface area contributed by atoms with Gasteiger partial charge in [-0.3, -0.25) is 9.59 Å². The second-order valence-electron chi connectivity index (χ2n) is 7.17. The topological polar surface area (TPSA) is 69.7 Å². The normalized spacial score (nSPS) is 10.5. The van der Waals surface area contributed by atoms with Crippen molar-refractivity contribution in [2.45, 2.75) is 0 Å². The Hall–Kier alpha value is -4.25.